The molecule has 1 aromatic rings. The number of carbonyl (C=O) groups excluding carboxylic acids is 1. The number of nitrogens with zero attached hydrogens (tertiary/aromatic N) is 1. The molecule has 0 spiro atoms. The minimum Gasteiger partial charge on any atom is -0.458 e. The highest BCUT2D eigenvalue weighted by Gasteiger charge is 2.49. The Labute approximate surface area is 143 Å². The standard InChI is InChI=1S/C20H27NO3/c22-19(24-18-14-21-12-10-15(18)11-13-21)20(23,17-8-4-5-9-17)16-6-2-1-3-7-16/h1-3,6-7,15,17-18,23H,4-5,8-14H2/t18?,20-/m0/s1. The van der Waals surface area contributed by atoms with Gasteiger partial charge in [-0.25, -0.2) is 4.79 Å². The van der Waals surface area contributed by atoms with E-state index in [1.54, 1.807) is 0 Å². The number of hydrogen-bond donors (Lipinski definition) is 1. The van der Waals surface area contributed by atoms with Gasteiger partial charge in [-0.1, -0.05) is 43.2 Å². The molecule has 2 atom stereocenters. The highest BCUT2D eigenvalue weighted by atomic mass is 16.6. The smallest absolute Gasteiger partial charge is 0.343 e. The van der Waals surface area contributed by atoms with Crippen LogP contribution in [-0.2, 0) is 15.1 Å². The molecule has 4 nitrogen and oxygen atoms in total. The molecule has 3 heterocycles. The van der Waals surface area contributed by atoms with Crippen molar-refractivity contribution in [1.29, 1.82) is 0 Å². The van der Waals surface area contributed by atoms with E-state index in [4.69, 9.17) is 4.74 Å². The molecule has 3 aliphatic heterocycles. The van der Waals surface area contributed by atoms with Gasteiger partial charge in [-0.2, -0.15) is 0 Å². The van der Waals surface area contributed by atoms with Gasteiger partial charge < -0.3 is 9.84 Å². The average molecular weight is 329 g/mol. The van der Waals surface area contributed by atoms with Crippen LogP contribution in [0.4, 0.5) is 0 Å². The molecule has 24 heavy (non-hydrogen) atoms. The van der Waals surface area contributed by atoms with Gasteiger partial charge in [-0.15, -0.1) is 0 Å². The van der Waals surface area contributed by atoms with Crippen LogP contribution in [0.5, 0.6) is 0 Å². The zero-order valence-corrected chi connectivity index (χ0v) is 14.2. The van der Waals surface area contributed by atoms with E-state index in [-0.39, 0.29) is 12.0 Å². The number of carbonyl (C=O) groups is 1. The molecule has 1 aromatic carbocycles. The molecule has 1 unspecified atom stereocenters. The number of ether oxygens (including phenoxy) is 1. The number of rotatable bonds is 4. The summed E-state index contributed by atoms with van der Waals surface area (Å²) in [6.45, 7) is 3.06. The lowest BCUT2D eigenvalue weighted by Gasteiger charge is -2.45. The monoisotopic (exact) mass is 329 g/mol. The number of fused-ring (bicyclic) bond motifs is 3. The van der Waals surface area contributed by atoms with Crippen LogP contribution in [-0.4, -0.2) is 41.7 Å². The molecule has 1 aliphatic carbocycles. The van der Waals surface area contributed by atoms with E-state index < -0.39 is 11.6 Å². The first-order valence-electron chi connectivity index (χ1n) is 9.39. The highest BCUT2D eigenvalue weighted by molar-refractivity contribution is 5.81. The quantitative estimate of drug-likeness (QED) is 0.863. The van der Waals surface area contributed by atoms with Gasteiger partial charge in [-0.05, 0) is 50.3 Å². The van der Waals surface area contributed by atoms with Crippen LogP contribution in [0.25, 0.3) is 0 Å². The van der Waals surface area contributed by atoms with E-state index in [9.17, 15) is 9.90 Å². The molecular weight excluding hydrogens is 302 g/mol. The van der Waals surface area contributed by atoms with E-state index in [1.807, 2.05) is 30.3 Å². The van der Waals surface area contributed by atoms with Crippen molar-refractivity contribution in [3.05, 3.63) is 35.9 Å². The van der Waals surface area contributed by atoms with Crippen molar-refractivity contribution in [2.45, 2.75) is 50.2 Å². The first kappa shape index (κ1) is 16.1. The fourth-order valence-electron chi connectivity index (χ4n) is 4.83. The predicted octanol–water partition coefficient (Wildman–Crippen LogP) is 2.70. The molecule has 3 saturated heterocycles. The van der Waals surface area contributed by atoms with Crippen LogP contribution in [0.1, 0.15) is 44.1 Å². The zero-order valence-electron chi connectivity index (χ0n) is 14.2. The third-order valence-electron chi connectivity index (χ3n) is 6.33. The van der Waals surface area contributed by atoms with Crippen LogP contribution in [0.2, 0.25) is 0 Å². The molecule has 2 bridgehead atoms. The van der Waals surface area contributed by atoms with Gasteiger partial charge in [-0.3, -0.25) is 4.90 Å². The van der Waals surface area contributed by atoms with Crippen molar-refractivity contribution in [3.63, 3.8) is 0 Å². The van der Waals surface area contributed by atoms with Gasteiger partial charge in [0.15, 0.2) is 5.60 Å². The molecule has 4 aliphatic rings. The van der Waals surface area contributed by atoms with E-state index in [1.165, 1.54) is 0 Å². The summed E-state index contributed by atoms with van der Waals surface area (Å²) in [4.78, 5) is 15.5. The average Bonchev–Trinajstić information content (AvgIpc) is 3.18. The van der Waals surface area contributed by atoms with E-state index >= 15 is 0 Å². The Bertz CT molecular complexity index is 576. The normalized spacial score (nSPS) is 32.5. The van der Waals surface area contributed by atoms with Crippen LogP contribution in [0.3, 0.4) is 0 Å². The molecule has 1 N–H and O–H groups in total. The minimum atomic E-state index is -1.50. The number of benzene rings is 1. The van der Waals surface area contributed by atoms with Crippen molar-refractivity contribution in [2.75, 3.05) is 19.6 Å². The predicted molar refractivity (Wildman–Crippen MR) is 91.3 cm³/mol. The van der Waals surface area contributed by atoms with Crippen molar-refractivity contribution in [2.24, 2.45) is 11.8 Å². The van der Waals surface area contributed by atoms with Crippen molar-refractivity contribution < 1.29 is 14.6 Å². The number of esters is 1. The third-order valence-corrected chi connectivity index (χ3v) is 6.33. The second-order valence-electron chi connectivity index (χ2n) is 7.70. The van der Waals surface area contributed by atoms with E-state index in [0.29, 0.717) is 11.5 Å². The lowest BCUT2D eigenvalue weighted by molar-refractivity contribution is -0.188. The molecule has 130 valence electrons. The van der Waals surface area contributed by atoms with Crippen LogP contribution < -0.4 is 0 Å². The fourth-order valence-corrected chi connectivity index (χ4v) is 4.83. The molecular formula is C20H27NO3. The maximum absolute atomic E-state index is 13.1. The Morgan fingerprint density at radius 1 is 1.08 bits per heavy atom. The van der Waals surface area contributed by atoms with Crippen LogP contribution in [0.15, 0.2) is 30.3 Å². The third kappa shape index (κ3) is 2.76. The van der Waals surface area contributed by atoms with Gasteiger partial charge in [0, 0.05) is 12.5 Å². The molecule has 1 saturated carbocycles. The summed E-state index contributed by atoms with van der Waals surface area (Å²) in [7, 11) is 0. The van der Waals surface area contributed by atoms with Gasteiger partial charge in [0.2, 0.25) is 0 Å². The van der Waals surface area contributed by atoms with E-state index in [2.05, 4.69) is 4.90 Å². The largest absolute Gasteiger partial charge is 0.458 e. The SMILES string of the molecule is O=C(OC1CN2CCC1CC2)[C@](O)(c1ccccc1)C1CCCC1. The molecule has 4 fully saturated rings. The van der Waals surface area contributed by atoms with Gasteiger partial charge in [0.25, 0.3) is 0 Å². The van der Waals surface area contributed by atoms with Gasteiger partial charge in [0.05, 0.1) is 0 Å². The van der Waals surface area contributed by atoms with E-state index in [0.717, 1.165) is 58.2 Å². The Balaban J connectivity index is 1.57. The number of piperidine rings is 3. The van der Waals surface area contributed by atoms with Crippen molar-refractivity contribution in [1.82, 2.24) is 4.90 Å². The maximum Gasteiger partial charge on any atom is 0.343 e. The zero-order chi connectivity index (χ0) is 16.6. The molecule has 0 amide bonds. The Morgan fingerprint density at radius 3 is 2.33 bits per heavy atom. The summed E-state index contributed by atoms with van der Waals surface area (Å²) in [6, 6.07) is 9.40. The van der Waals surface area contributed by atoms with Crippen molar-refractivity contribution in [3.8, 4) is 0 Å². The topological polar surface area (TPSA) is 49.8 Å². The maximum atomic E-state index is 13.1. The van der Waals surface area contributed by atoms with Crippen LogP contribution in [0, 0.1) is 11.8 Å². The van der Waals surface area contributed by atoms with Gasteiger partial charge in [0.1, 0.15) is 6.10 Å². The Hall–Kier alpha value is -1.39. The van der Waals surface area contributed by atoms with Crippen LogP contribution >= 0.6 is 0 Å². The summed E-state index contributed by atoms with van der Waals surface area (Å²) in [5.41, 5.74) is -0.813. The molecule has 0 aromatic heterocycles. The Kier molecular flexibility index (Phi) is 4.35. The summed E-state index contributed by atoms with van der Waals surface area (Å²) < 4.78 is 5.93. The minimum absolute atomic E-state index is 0.0338. The first-order valence-corrected chi connectivity index (χ1v) is 9.39. The fraction of sp³-hybridized carbons (Fsp3) is 0.650. The molecule has 5 rings (SSSR count). The number of aliphatic hydroxyl groups is 1. The summed E-state index contributed by atoms with van der Waals surface area (Å²) in [5, 5.41) is 11.5. The summed E-state index contributed by atoms with van der Waals surface area (Å²) in [5.74, 6) is -0.00427. The lowest BCUT2D eigenvalue weighted by atomic mass is 9.79. The Morgan fingerprint density at radius 2 is 1.75 bits per heavy atom. The first-order chi connectivity index (χ1) is 11.7. The highest BCUT2D eigenvalue weighted by Crippen LogP contribution is 2.42. The summed E-state index contributed by atoms with van der Waals surface area (Å²) in [6.07, 6.45) is 6.08. The number of hydrogen-bond acceptors (Lipinski definition) is 4. The molecule has 4 heteroatoms. The van der Waals surface area contributed by atoms with Crippen molar-refractivity contribution >= 4 is 5.97 Å². The second-order valence-corrected chi connectivity index (χ2v) is 7.70. The van der Waals surface area contributed by atoms with Gasteiger partial charge >= 0.3 is 5.97 Å². The lowest BCUT2D eigenvalue weighted by Crippen LogP contribution is -2.54. The molecule has 0 radical (unpaired) electrons. The second kappa shape index (κ2) is 6.49. The summed E-state index contributed by atoms with van der Waals surface area (Å²) >= 11 is 0.